The topological polar surface area (TPSA) is 75.7 Å². The van der Waals surface area contributed by atoms with Gasteiger partial charge in [0.2, 0.25) is 5.91 Å². The smallest absolute Gasteiger partial charge is 0.308 e. The predicted octanol–water partition coefficient (Wildman–Crippen LogP) is 2.95. The SMILES string of the molecule is CC(=O)N1C=Cc2ccccc2[C@@H]1CC(=O)OCC(=O)NCc1ccc(F)cc1. The van der Waals surface area contributed by atoms with Crippen molar-refractivity contribution in [1.29, 1.82) is 0 Å². The monoisotopic (exact) mass is 396 g/mol. The van der Waals surface area contributed by atoms with E-state index in [4.69, 9.17) is 4.74 Å². The summed E-state index contributed by atoms with van der Waals surface area (Å²) in [6.07, 6.45) is 3.41. The Kier molecular flexibility index (Phi) is 6.39. The van der Waals surface area contributed by atoms with E-state index in [1.54, 1.807) is 18.3 Å². The summed E-state index contributed by atoms with van der Waals surface area (Å²) in [4.78, 5) is 37.6. The Morgan fingerprint density at radius 1 is 1.10 bits per heavy atom. The van der Waals surface area contributed by atoms with Crippen LogP contribution in [0.2, 0.25) is 0 Å². The maximum absolute atomic E-state index is 12.9. The third-order valence-electron chi connectivity index (χ3n) is 4.60. The van der Waals surface area contributed by atoms with Crippen LogP contribution in [0.25, 0.3) is 6.08 Å². The van der Waals surface area contributed by atoms with Crippen LogP contribution in [-0.4, -0.2) is 29.3 Å². The van der Waals surface area contributed by atoms with E-state index in [1.165, 1.54) is 24.0 Å². The molecule has 2 aromatic carbocycles. The minimum atomic E-state index is -0.580. The highest BCUT2D eigenvalue weighted by Gasteiger charge is 2.28. The minimum absolute atomic E-state index is 0.0633. The van der Waals surface area contributed by atoms with E-state index in [1.807, 2.05) is 30.3 Å². The second kappa shape index (κ2) is 9.14. The van der Waals surface area contributed by atoms with E-state index >= 15 is 0 Å². The first-order valence-corrected chi connectivity index (χ1v) is 9.17. The summed E-state index contributed by atoms with van der Waals surface area (Å²) in [5, 5.41) is 2.61. The molecule has 0 aliphatic carbocycles. The molecule has 1 atom stereocenters. The molecule has 3 rings (SSSR count). The molecule has 0 unspecified atom stereocenters. The lowest BCUT2D eigenvalue weighted by Gasteiger charge is -2.32. The Morgan fingerprint density at radius 3 is 2.55 bits per heavy atom. The largest absolute Gasteiger partial charge is 0.456 e. The number of nitrogens with one attached hydrogen (secondary N) is 1. The van der Waals surface area contributed by atoms with Crippen LogP contribution in [-0.2, 0) is 25.7 Å². The number of hydrogen-bond donors (Lipinski definition) is 1. The van der Waals surface area contributed by atoms with Crippen molar-refractivity contribution in [2.24, 2.45) is 0 Å². The van der Waals surface area contributed by atoms with Crippen molar-refractivity contribution in [3.63, 3.8) is 0 Å². The van der Waals surface area contributed by atoms with Crippen molar-refractivity contribution in [3.05, 3.63) is 77.2 Å². The summed E-state index contributed by atoms with van der Waals surface area (Å²) < 4.78 is 18.0. The van der Waals surface area contributed by atoms with Crippen LogP contribution in [0.1, 0.15) is 36.1 Å². The molecule has 0 spiro atoms. The van der Waals surface area contributed by atoms with E-state index < -0.39 is 24.5 Å². The van der Waals surface area contributed by atoms with Crippen LogP contribution < -0.4 is 5.32 Å². The van der Waals surface area contributed by atoms with Crippen LogP contribution in [0.15, 0.2) is 54.7 Å². The lowest BCUT2D eigenvalue weighted by Crippen LogP contribution is -2.33. The van der Waals surface area contributed by atoms with E-state index in [0.717, 1.165) is 16.7 Å². The van der Waals surface area contributed by atoms with Gasteiger partial charge in [-0.1, -0.05) is 36.4 Å². The van der Waals surface area contributed by atoms with Gasteiger partial charge in [-0.3, -0.25) is 14.4 Å². The highest BCUT2D eigenvalue weighted by molar-refractivity contribution is 5.82. The molecule has 0 aromatic heterocycles. The maximum Gasteiger partial charge on any atom is 0.308 e. The molecule has 7 heteroatoms. The van der Waals surface area contributed by atoms with Crippen molar-refractivity contribution >= 4 is 23.9 Å². The summed E-state index contributed by atoms with van der Waals surface area (Å²) in [7, 11) is 0. The lowest BCUT2D eigenvalue weighted by atomic mass is 9.94. The molecule has 0 saturated carbocycles. The van der Waals surface area contributed by atoms with Gasteiger partial charge in [0.25, 0.3) is 5.91 Å². The zero-order chi connectivity index (χ0) is 20.8. The molecule has 2 aromatic rings. The number of carbonyl (C=O) groups excluding carboxylic acids is 3. The highest BCUT2D eigenvalue weighted by atomic mass is 19.1. The molecule has 0 radical (unpaired) electrons. The highest BCUT2D eigenvalue weighted by Crippen LogP contribution is 2.32. The third kappa shape index (κ3) is 5.28. The van der Waals surface area contributed by atoms with Gasteiger partial charge in [-0.15, -0.1) is 0 Å². The molecule has 1 N–H and O–H groups in total. The number of rotatable bonds is 6. The molecule has 1 aliphatic rings. The number of carbonyl (C=O) groups is 3. The first-order chi connectivity index (χ1) is 13.9. The zero-order valence-corrected chi connectivity index (χ0v) is 15.9. The van der Waals surface area contributed by atoms with Gasteiger partial charge >= 0.3 is 5.97 Å². The first-order valence-electron chi connectivity index (χ1n) is 9.17. The fourth-order valence-electron chi connectivity index (χ4n) is 3.13. The average Bonchev–Trinajstić information content (AvgIpc) is 2.72. The van der Waals surface area contributed by atoms with Crippen LogP contribution in [0.3, 0.4) is 0 Å². The van der Waals surface area contributed by atoms with E-state index in [9.17, 15) is 18.8 Å². The zero-order valence-electron chi connectivity index (χ0n) is 15.9. The standard InChI is InChI=1S/C22H21FN2O4/c1-15(26)25-11-10-17-4-2-3-5-19(17)20(25)12-22(28)29-14-21(27)24-13-16-6-8-18(23)9-7-16/h2-11,20H,12-14H2,1H3,(H,24,27)/t20-/m0/s1. The Morgan fingerprint density at radius 2 is 1.83 bits per heavy atom. The van der Waals surface area contributed by atoms with Crippen molar-refractivity contribution in [1.82, 2.24) is 10.2 Å². The number of esters is 1. The van der Waals surface area contributed by atoms with Gasteiger partial charge in [0, 0.05) is 19.7 Å². The third-order valence-corrected chi connectivity index (χ3v) is 4.60. The van der Waals surface area contributed by atoms with E-state index in [2.05, 4.69) is 5.32 Å². The van der Waals surface area contributed by atoms with Gasteiger partial charge in [0.15, 0.2) is 6.61 Å². The van der Waals surface area contributed by atoms with Crippen LogP contribution >= 0.6 is 0 Å². The normalized spacial score (nSPS) is 14.8. The second-order valence-corrected chi connectivity index (χ2v) is 6.65. The summed E-state index contributed by atoms with van der Waals surface area (Å²) in [6.45, 7) is 1.21. The number of fused-ring (bicyclic) bond motifs is 1. The summed E-state index contributed by atoms with van der Waals surface area (Å²) in [5.74, 6) is -1.59. The van der Waals surface area contributed by atoms with Gasteiger partial charge in [0.05, 0.1) is 12.5 Å². The number of halogens is 1. The fourth-order valence-corrected chi connectivity index (χ4v) is 3.13. The Bertz CT molecular complexity index is 940. The molecule has 1 heterocycles. The predicted molar refractivity (Wildman–Crippen MR) is 105 cm³/mol. The quantitative estimate of drug-likeness (QED) is 0.762. The molecular formula is C22H21FN2O4. The van der Waals surface area contributed by atoms with Gasteiger partial charge < -0.3 is 15.0 Å². The molecule has 0 fully saturated rings. The minimum Gasteiger partial charge on any atom is -0.456 e. The molecular weight excluding hydrogens is 375 g/mol. The van der Waals surface area contributed by atoms with Crippen molar-refractivity contribution in [2.45, 2.75) is 25.9 Å². The van der Waals surface area contributed by atoms with Gasteiger partial charge in [-0.2, -0.15) is 0 Å². The second-order valence-electron chi connectivity index (χ2n) is 6.65. The van der Waals surface area contributed by atoms with E-state index in [0.29, 0.717) is 0 Å². The van der Waals surface area contributed by atoms with Gasteiger partial charge in [0.1, 0.15) is 5.82 Å². The molecule has 0 bridgehead atoms. The molecule has 0 saturated heterocycles. The lowest BCUT2D eigenvalue weighted by molar-refractivity contribution is -0.150. The van der Waals surface area contributed by atoms with Crippen LogP contribution in [0, 0.1) is 5.82 Å². The number of hydrogen-bond acceptors (Lipinski definition) is 4. The maximum atomic E-state index is 12.9. The average molecular weight is 396 g/mol. The van der Waals surface area contributed by atoms with Crippen LogP contribution in [0.5, 0.6) is 0 Å². The van der Waals surface area contributed by atoms with Gasteiger partial charge in [-0.25, -0.2) is 4.39 Å². The summed E-state index contributed by atoms with van der Waals surface area (Å²) in [6, 6.07) is 12.7. The molecule has 2 amide bonds. The molecule has 29 heavy (non-hydrogen) atoms. The first kappa shape index (κ1) is 20.3. The Labute approximate surface area is 168 Å². The number of benzene rings is 2. The molecule has 1 aliphatic heterocycles. The van der Waals surface area contributed by atoms with E-state index in [-0.39, 0.29) is 24.7 Å². The van der Waals surface area contributed by atoms with Crippen LogP contribution in [0.4, 0.5) is 4.39 Å². The molecule has 150 valence electrons. The Hall–Kier alpha value is -3.48. The van der Waals surface area contributed by atoms with Crippen molar-refractivity contribution in [2.75, 3.05) is 6.61 Å². The number of ether oxygens (including phenoxy) is 1. The summed E-state index contributed by atoms with van der Waals surface area (Å²) >= 11 is 0. The molecule has 6 nitrogen and oxygen atoms in total. The number of nitrogens with zero attached hydrogens (tertiary/aromatic N) is 1. The fraction of sp³-hybridized carbons (Fsp3) is 0.227. The van der Waals surface area contributed by atoms with Crippen molar-refractivity contribution < 1.29 is 23.5 Å². The number of amides is 2. The van der Waals surface area contributed by atoms with Crippen molar-refractivity contribution in [3.8, 4) is 0 Å². The van der Waals surface area contributed by atoms with Gasteiger partial charge in [-0.05, 0) is 34.9 Å². The summed E-state index contributed by atoms with van der Waals surface area (Å²) in [5.41, 5.74) is 2.51. The Balaban J connectivity index is 1.53.